The summed E-state index contributed by atoms with van der Waals surface area (Å²) in [5.41, 5.74) is 0. The predicted octanol–water partition coefficient (Wildman–Crippen LogP) is 3.32. The zero-order valence-electron chi connectivity index (χ0n) is 4.50. The predicted molar refractivity (Wildman–Crippen MR) is 46.0 cm³/mol. The average Bonchev–Trinajstić information content (AvgIpc) is 1.62. The van der Waals surface area contributed by atoms with E-state index in [0.29, 0.717) is 0 Å². The fourth-order valence-corrected chi connectivity index (χ4v) is 3.74. The summed E-state index contributed by atoms with van der Waals surface area (Å²) in [5.74, 6) is 1.31. The Labute approximate surface area is 61.7 Å². The van der Waals surface area contributed by atoms with Gasteiger partial charge in [0.25, 0.3) is 0 Å². The zero-order chi connectivity index (χ0) is 5.66. The molecule has 0 aromatic heterocycles. The number of hydrogen-bond acceptors (Lipinski definition) is 3. The monoisotopic (exact) mass is 164 g/mol. The Morgan fingerprint density at radius 2 is 2.38 bits per heavy atom. The fraction of sp³-hybridized carbons (Fsp3) is 0.600. The minimum absolute atomic E-state index is 1.26. The van der Waals surface area contributed by atoms with Crippen LogP contribution in [-0.4, -0.2) is 5.75 Å². The van der Waals surface area contributed by atoms with Crippen LogP contribution in [0.2, 0.25) is 0 Å². The first-order chi connectivity index (χ1) is 4.00. The molecule has 0 fully saturated rings. The van der Waals surface area contributed by atoms with Crippen molar-refractivity contribution in [2.24, 2.45) is 0 Å². The lowest BCUT2D eigenvalue weighted by atomic mass is 10.3. The van der Waals surface area contributed by atoms with Gasteiger partial charge in [0.05, 0.1) is 0 Å². The first kappa shape index (κ1) is 6.90. The largest absolute Gasteiger partial charge is 0.0822 e. The van der Waals surface area contributed by atoms with Gasteiger partial charge in [-0.05, 0) is 28.1 Å². The van der Waals surface area contributed by atoms with E-state index in [2.05, 4.69) is 11.5 Å². The smallest absolute Gasteiger partial charge is 0.00482 e. The van der Waals surface area contributed by atoms with E-state index in [-0.39, 0.29) is 0 Å². The minimum atomic E-state index is 1.26. The van der Waals surface area contributed by atoms with Crippen molar-refractivity contribution < 1.29 is 0 Å². The summed E-state index contributed by atoms with van der Waals surface area (Å²) in [4.78, 5) is 0. The van der Waals surface area contributed by atoms with Crippen LogP contribution in [0.3, 0.4) is 0 Å². The standard InChI is InChI=1S/C5H8S3/c1-2-4-6-8-7-5-3-1/h2,4H,1,3,5H2/b4-2-. The fourth-order valence-electron chi connectivity index (χ4n) is 0.452. The van der Waals surface area contributed by atoms with Crippen LogP contribution in [0.5, 0.6) is 0 Å². The van der Waals surface area contributed by atoms with Crippen molar-refractivity contribution in [2.45, 2.75) is 12.8 Å². The molecule has 0 aromatic rings. The quantitative estimate of drug-likeness (QED) is 0.504. The van der Waals surface area contributed by atoms with Gasteiger partial charge in [0.1, 0.15) is 0 Å². The van der Waals surface area contributed by atoms with Crippen LogP contribution in [0.4, 0.5) is 0 Å². The summed E-state index contributed by atoms with van der Waals surface area (Å²) in [5, 5.41) is 2.18. The van der Waals surface area contributed by atoms with Crippen LogP contribution in [0.25, 0.3) is 0 Å². The van der Waals surface area contributed by atoms with Crippen LogP contribution in [0.1, 0.15) is 12.8 Å². The number of rotatable bonds is 0. The molecule has 1 aliphatic heterocycles. The first-order valence-corrected chi connectivity index (χ1v) is 6.31. The lowest BCUT2D eigenvalue weighted by molar-refractivity contribution is 0.976. The maximum absolute atomic E-state index is 2.25. The zero-order valence-corrected chi connectivity index (χ0v) is 6.95. The van der Waals surface area contributed by atoms with Gasteiger partial charge in [-0.2, -0.15) is 0 Å². The van der Waals surface area contributed by atoms with Crippen LogP contribution in [0.15, 0.2) is 11.5 Å². The Kier molecular flexibility index (Phi) is 4.01. The van der Waals surface area contributed by atoms with Gasteiger partial charge in [0.15, 0.2) is 0 Å². The summed E-state index contributed by atoms with van der Waals surface area (Å²) in [6.45, 7) is 0. The molecular weight excluding hydrogens is 156 g/mol. The molecule has 0 nitrogen and oxygen atoms in total. The van der Waals surface area contributed by atoms with E-state index < -0.39 is 0 Å². The Balaban J connectivity index is 2.17. The van der Waals surface area contributed by atoms with E-state index >= 15 is 0 Å². The highest BCUT2D eigenvalue weighted by molar-refractivity contribution is 9.09. The number of allylic oxidation sites excluding steroid dienone is 1. The summed E-state index contributed by atoms with van der Waals surface area (Å²) in [6.07, 6.45) is 4.85. The third kappa shape index (κ3) is 2.95. The summed E-state index contributed by atoms with van der Waals surface area (Å²) in [7, 11) is 5.66. The summed E-state index contributed by atoms with van der Waals surface area (Å²) < 4.78 is 0. The second-order valence-electron chi connectivity index (χ2n) is 1.50. The van der Waals surface area contributed by atoms with Gasteiger partial charge in [-0.25, -0.2) is 0 Å². The molecule has 0 saturated heterocycles. The van der Waals surface area contributed by atoms with Gasteiger partial charge in [0, 0.05) is 5.75 Å². The molecule has 46 valence electrons. The highest BCUT2D eigenvalue weighted by Crippen LogP contribution is 2.37. The Hall–Kier alpha value is 0.790. The Morgan fingerprint density at radius 1 is 1.38 bits per heavy atom. The minimum Gasteiger partial charge on any atom is -0.0822 e. The van der Waals surface area contributed by atoms with Gasteiger partial charge in [-0.15, -0.1) is 0 Å². The summed E-state index contributed by atoms with van der Waals surface area (Å²) in [6, 6.07) is 0. The van der Waals surface area contributed by atoms with E-state index in [1.807, 2.05) is 31.4 Å². The third-order valence-corrected chi connectivity index (χ3v) is 4.70. The SMILES string of the molecule is C1=C\SSSCCC/1. The lowest BCUT2D eigenvalue weighted by Crippen LogP contribution is -1.74. The number of hydrogen-bond donors (Lipinski definition) is 0. The molecule has 1 aliphatic rings. The van der Waals surface area contributed by atoms with Crippen molar-refractivity contribution in [1.82, 2.24) is 0 Å². The molecule has 0 unspecified atom stereocenters. The highest BCUT2D eigenvalue weighted by Gasteiger charge is 1.91. The van der Waals surface area contributed by atoms with E-state index in [1.165, 1.54) is 18.6 Å². The van der Waals surface area contributed by atoms with Crippen LogP contribution in [-0.2, 0) is 0 Å². The van der Waals surface area contributed by atoms with Gasteiger partial charge in [-0.1, -0.05) is 27.7 Å². The van der Waals surface area contributed by atoms with E-state index in [1.54, 1.807) is 0 Å². The topological polar surface area (TPSA) is 0 Å². The normalized spacial score (nSPS) is 26.0. The van der Waals surface area contributed by atoms with E-state index in [9.17, 15) is 0 Å². The molecule has 0 aliphatic carbocycles. The maximum Gasteiger partial charge on any atom is 0.00482 e. The molecule has 0 radical (unpaired) electrons. The van der Waals surface area contributed by atoms with Crippen molar-refractivity contribution in [2.75, 3.05) is 5.75 Å². The average molecular weight is 164 g/mol. The van der Waals surface area contributed by atoms with E-state index in [4.69, 9.17) is 0 Å². The molecule has 0 N–H and O–H groups in total. The second kappa shape index (κ2) is 4.65. The Bertz CT molecular complexity index is 69.7. The molecule has 0 saturated carbocycles. The molecule has 0 aromatic carbocycles. The molecule has 0 atom stereocenters. The third-order valence-electron chi connectivity index (χ3n) is 0.838. The molecule has 0 amide bonds. The molecule has 8 heavy (non-hydrogen) atoms. The molecule has 3 heteroatoms. The molecule has 1 rings (SSSR count). The highest BCUT2D eigenvalue weighted by atomic mass is 33.5. The first-order valence-electron chi connectivity index (χ1n) is 2.60. The van der Waals surface area contributed by atoms with Gasteiger partial charge >= 0.3 is 0 Å². The van der Waals surface area contributed by atoms with Crippen molar-refractivity contribution in [3.8, 4) is 0 Å². The summed E-state index contributed by atoms with van der Waals surface area (Å²) >= 11 is 0. The van der Waals surface area contributed by atoms with Crippen LogP contribution >= 0.6 is 31.4 Å². The molecule has 0 spiro atoms. The van der Waals surface area contributed by atoms with Crippen molar-refractivity contribution in [3.63, 3.8) is 0 Å². The molecule has 0 bridgehead atoms. The van der Waals surface area contributed by atoms with Crippen LogP contribution in [0, 0.1) is 0 Å². The van der Waals surface area contributed by atoms with Gasteiger partial charge in [-0.3, -0.25) is 0 Å². The maximum atomic E-state index is 2.25. The van der Waals surface area contributed by atoms with Crippen LogP contribution < -0.4 is 0 Å². The second-order valence-corrected chi connectivity index (χ2v) is 5.66. The van der Waals surface area contributed by atoms with Crippen molar-refractivity contribution in [3.05, 3.63) is 11.5 Å². The lowest BCUT2D eigenvalue weighted by Gasteiger charge is -1.98. The molecular formula is C5H8S3. The van der Waals surface area contributed by atoms with Crippen molar-refractivity contribution >= 4 is 31.4 Å². The van der Waals surface area contributed by atoms with E-state index in [0.717, 1.165) is 0 Å². The van der Waals surface area contributed by atoms with Gasteiger partial charge in [0.2, 0.25) is 0 Å². The Morgan fingerprint density at radius 3 is 3.38 bits per heavy atom. The molecule has 1 heterocycles. The van der Waals surface area contributed by atoms with Gasteiger partial charge < -0.3 is 0 Å². The van der Waals surface area contributed by atoms with Crippen molar-refractivity contribution in [1.29, 1.82) is 0 Å².